The molecular formula is C48H86O2P2. The Kier molecular flexibility index (Phi) is 12.2. The van der Waals surface area contributed by atoms with Gasteiger partial charge in [-0.05, 0) is 194 Å². The second kappa shape index (κ2) is 15.5. The van der Waals surface area contributed by atoms with Crippen LogP contribution in [0.3, 0.4) is 0 Å². The third-order valence-corrected chi connectivity index (χ3v) is 21.7. The average molecular weight is 757 g/mol. The van der Waals surface area contributed by atoms with Crippen molar-refractivity contribution in [3.05, 3.63) is 0 Å². The van der Waals surface area contributed by atoms with Crippen LogP contribution in [0, 0.1) is 105 Å². The molecule has 8 saturated carbocycles. The van der Waals surface area contributed by atoms with Gasteiger partial charge in [0.1, 0.15) is 0 Å². The average Bonchev–Trinajstić information content (AvgIpc) is 3.68. The van der Waals surface area contributed by atoms with Crippen LogP contribution in [-0.4, -0.2) is 12.2 Å². The third-order valence-electron chi connectivity index (χ3n) is 21.0. The first-order valence-electron chi connectivity index (χ1n) is 23.4. The Bertz CT molecular complexity index is 1130. The summed E-state index contributed by atoms with van der Waals surface area (Å²) in [5, 5.41) is 0. The molecule has 8 rings (SSSR count). The van der Waals surface area contributed by atoms with E-state index in [1.54, 1.807) is 0 Å². The van der Waals surface area contributed by atoms with Crippen molar-refractivity contribution in [3.8, 4) is 0 Å². The minimum atomic E-state index is 0.494. The highest BCUT2D eigenvalue weighted by Crippen LogP contribution is 2.71. The van der Waals surface area contributed by atoms with E-state index in [4.69, 9.17) is 9.05 Å². The molecule has 22 atom stereocenters. The maximum absolute atomic E-state index is 6.18. The summed E-state index contributed by atoms with van der Waals surface area (Å²) in [5.74, 6) is 12.6. The molecule has 0 aromatic rings. The lowest BCUT2D eigenvalue weighted by molar-refractivity contribution is -0.159. The fourth-order valence-electron chi connectivity index (χ4n) is 17.6. The Balaban J connectivity index is 0.000000162. The molecule has 0 spiro atoms. The minimum Gasteiger partial charge on any atom is -0.362 e. The van der Waals surface area contributed by atoms with Gasteiger partial charge in [0.2, 0.25) is 0 Å². The standard InChI is InChI=1S/2C24H43OP/c2*1-6-16(3)18-7-8-19-22-20(10-12-24(18,19)5)23(4)11-9-15(2)13-17(23)14-21(22)25-26/h2*15-22H,6-14,26H2,1-5H3/t2*15-,16+,17-,18+,19?,20?,21?,22-,23-,24+/m00/s1. The van der Waals surface area contributed by atoms with Crippen LogP contribution in [0.5, 0.6) is 0 Å². The van der Waals surface area contributed by atoms with Gasteiger partial charge in [-0.1, -0.05) is 94.9 Å². The molecule has 0 amide bonds. The van der Waals surface area contributed by atoms with Gasteiger partial charge in [0.05, 0.1) is 12.2 Å². The summed E-state index contributed by atoms with van der Waals surface area (Å²) in [6.07, 6.45) is 26.9. The zero-order chi connectivity index (χ0) is 37.4. The predicted molar refractivity (Wildman–Crippen MR) is 228 cm³/mol. The summed E-state index contributed by atoms with van der Waals surface area (Å²) in [6, 6.07) is 0. The van der Waals surface area contributed by atoms with Crippen molar-refractivity contribution in [2.75, 3.05) is 0 Å². The van der Waals surface area contributed by atoms with Crippen LogP contribution in [0.4, 0.5) is 0 Å². The topological polar surface area (TPSA) is 18.5 Å². The summed E-state index contributed by atoms with van der Waals surface area (Å²) < 4.78 is 12.4. The lowest BCUT2D eigenvalue weighted by atomic mass is 9.43. The highest BCUT2D eigenvalue weighted by molar-refractivity contribution is 7.10. The Hall–Kier alpha value is 0.780. The summed E-state index contributed by atoms with van der Waals surface area (Å²) in [7, 11) is 5.35. The Morgan fingerprint density at radius 1 is 0.500 bits per heavy atom. The maximum atomic E-state index is 6.18. The van der Waals surface area contributed by atoms with Gasteiger partial charge in [-0.3, -0.25) is 0 Å². The largest absolute Gasteiger partial charge is 0.362 e. The smallest absolute Gasteiger partial charge is 0.0647 e. The summed E-state index contributed by atoms with van der Waals surface area (Å²) in [6.45, 7) is 25.5. The molecule has 8 fully saturated rings. The number of hydrogen-bond acceptors (Lipinski definition) is 2. The van der Waals surface area contributed by atoms with E-state index in [2.05, 4.69) is 88.2 Å². The van der Waals surface area contributed by atoms with Crippen molar-refractivity contribution in [3.63, 3.8) is 0 Å². The third kappa shape index (κ3) is 6.53. The van der Waals surface area contributed by atoms with E-state index in [-0.39, 0.29) is 0 Å². The Labute approximate surface area is 328 Å². The lowest BCUT2D eigenvalue weighted by Crippen LogP contribution is -2.58. The van der Waals surface area contributed by atoms with Gasteiger partial charge in [0.15, 0.2) is 0 Å². The SMILES string of the molecule is CC[C@@H](C)[C@H]1CCC2[C@@H]3C(OP)C[C@@H]4C[C@@H](C)CC[C@]4(C)C3CC[C@@]21C.CC[C@@H](C)[C@H]1CCC2[C@@H]3C(OP)C[C@@H]4C[C@@H](C)CC[C@]4(C)C3CC[C@@]21C. The normalized spacial score (nSPS) is 54.9. The zero-order valence-electron chi connectivity index (χ0n) is 35.9. The zero-order valence-corrected chi connectivity index (χ0v) is 38.2. The van der Waals surface area contributed by atoms with E-state index in [0.717, 1.165) is 82.9 Å². The van der Waals surface area contributed by atoms with Gasteiger partial charge in [0, 0.05) is 18.9 Å². The van der Waals surface area contributed by atoms with Gasteiger partial charge in [-0.15, -0.1) is 0 Å². The Morgan fingerprint density at radius 3 is 1.19 bits per heavy atom. The molecule has 0 heterocycles. The predicted octanol–water partition coefficient (Wildman–Crippen LogP) is 14.2. The molecule has 4 heteroatoms. The molecule has 8 unspecified atom stereocenters. The molecule has 2 nitrogen and oxygen atoms in total. The first kappa shape index (κ1) is 41.0. The van der Waals surface area contributed by atoms with E-state index in [9.17, 15) is 0 Å². The monoisotopic (exact) mass is 757 g/mol. The first-order valence-corrected chi connectivity index (χ1v) is 24.3. The van der Waals surface area contributed by atoms with E-state index in [0.29, 0.717) is 33.9 Å². The van der Waals surface area contributed by atoms with Gasteiger partial charge >= 0.3 is 0 Å². The van der Waals surface area contributed by atoms with Gasteiger partial charge in [0.25, 0.3) is 0 Å². The second-order valence-corrected chi connectivity index (χ2v) is 23.3. The van der Waals surface area contributed by atoms with Crippen LogP contribution >= 0.6 is 18.9 Å². The van der Waals surface area contributed by atoms with Crippen molar-refractivity contribution in [1.29, 1.82) is 0 Å². The molecule has 0 saturated heterocycles. The van der Waals surface area contributed by atoms with Crippen LogP contribution in [0.1, 0.15) is 185 Å². The lowest BCUT2D eigenvalue weighted by Gasteiger charge is -2.63. The van der Waals surface area contributed by atoms with Crippen molar-refractivity contribution in [1.82, 2.24) is 0 Å². The second-order valence-electron chi connectivity index (χ2n) is 22.8. The number of fused-ring (bicyclic) bond motifs is 10. The summed E-state index contributed by atoms with van der Waals surface area (Å²) in [5.41, 5.74) is 2.33. The van der Waals surface area contributed by atoms with Gasteiger partial charge < -0.3 is 9.05 Å². The van der Waals surface area contributed by atoms with Crippen LogP contribution in [0.2, 0.25) is 0 Å². The van der Waals surface area contributed by atoms with Crippen molar-refractivity contribution in [2.24, 2.45) is 105 Å². The molecule has 0 N–H and O–H groups in total. The summed E-state index contributed by atoms with van der Waals surface area (Å²) in [4.78, 5) is 0. The van der Waals surface area contributed by atoms with Crippen LogP contribution in [0.15, 0.2) is 0 Å². The molecule has 0 aromatic carbocycles. The first-order chi connectivity index (χ1) is 24.7. The van der Waals surface area contributed by atoms with Crippen molar-refractivity contribution in [2.45, 2.75) is 197 Å². The molecule has 300 valence electrons. The number of rotatable bonds is 6. The highest BCUT2D eigenvalue weighted by Gasteiger charge is 2.64. The fraction of sp³-hybridized carbons (Fsp3) is 1.00. The molecule has 0 aliphatic heterocycles. The molecular weight excluding hydrogens is 670 g/mol. The summed E-state index contributed by atoms with van der Waals surface area (Å²) >= 11 is 0. The molecule has 0 aromatic heterocycles. The highest BCUT2D eigenvalue weighted by atomic mass is 31.0. The van der Waals surface area contributed by atoms with Gasteiger partial charge in [-0.2, -0.15) is 0 Å². The van der Waals surface area contributed by atoms with E-state index >= 15 is 0 Å². The van der Waals surface area contributed by atoms with Crippen molar-refractivity contribution >= 4 is 18.9 Å². The van der Waals surface area contributed by atoms with E-state index in [1.807, 2.05) is 0 Å². The number of hydrogen-bond donors (Lipinski definition) is 0. The quantitative estimate of drug-likeness (QED) is 0.251. The molecule has 0 radical (unpaired) electrons. The van der Waals surface area contributed by atoms with Gasteiger partial charge in [-0.25, -0.2) is 0 Å². The minimum absolute atomic E-state index is 0.494. The van der Waals surface area contributed by atoms with E-state index in [1.165, 1.54) is 116 Å². The molecule has 8 aliphatic carbocycles. The van der Waals surface area contributed by atoms with Crippen LogP contribution < -0.4 is 0 Å². The Morgan fingerprint density at radius 2 is 0.846 bits per heavy atom. The fourth-order valence-corrected chi connectivity index (χ4v) is 18.2. The van der Waals surface area contributed by atoms with Crippen LogP contribution in [0.25, 0.3) is 0 Å². The molecule has 52 heavy (non-hydrogen) atoms. The molecule has 0 bridgehead atoms. The van der Waals surface area contributed by atoms with Crippen LogP contribution in [-0.2, 0) is 9.05 Å². The molecule has 8 aliphatic rings. The maximum Gasteiger partial charge on any atom is 0.0647 e. The van der Waals surface area contributed by atoms with Crippen molar-refractivity contribution < 1.29 is 9.05 Å². The van der Waals surface area contributed by atoms with E-state index < -0.39 is 0 Å².